The van der Waals surface area contributed by atoms with Crippen molar-refractivity contribution >= 4 is 22.6 Å². The van der Waals surface area contributed by atoms with Crippen molar-refractivity contribution in [2.75, 3.05) is 12.4 Å². The van der Waals surface area contributed by atoms with E-state index in [1.54, 1.807) is 30.0 Å². The van der Waals surface area contributed by atoms with E-state index >= 15 is 0 Å². The van der Waals surface area contributed by atoms with Crippen molar-refractivity contribution in [1.82, 2.24) is 25.0 Å². The van der Waals surface area contributed by atoms with Crippen LogP contribution in [0, 0.1) is 13.8 Å². The Morgan fingerprint density at radius 2 is 2.00 bits per heavy atom. The van der Waals surface area contributed by atoms with Crippen molar-refractivity contribution in [3.8, 4) is 5.75 Å². The molecule has 3 rings (SSSR count). The predicted octanol–water partition coefficient (Wildman–Crippen LogP) is 1.64. The fourth-order valence-electron chi connectivity index (χ4n) is 2.26. The molecular weight excluding hydrogens is 296 g/mol. The van der Waals surface area contributed by atoms with E-state index in [0.29, 0.717) is 22.5 Å². The van der Waals surface area contributed by atoms with E-state index in [-0.39, 0.29) is 5.82 Å². The molecule has 0 spiro atoms. The lowest BCUT2D eigenvalue weighted by Gasteiger charge is -2.05. The van der Waals surface area contributed by atoms with Crippen molar-refractivity contribution in [2.24, 2.45) is 7.05 Å². The number of amides is 1. The Bertz CT molecular complexity index is 902. The molecule has 0 fully saturated rings. The first-order valence-corrected chi connectivity index (χ1v) is 6.99. The third-order valence-electron chi connectivity index (χ3n) is 3.61. The number of benzene rings is 1. The van der Waals surface area contributed by atoms with Gasteiger partial charge in [0.05, 0.1) is 29.7 Å². The molecule has 0 aliphatic heterocycles. The number of aryl methyl sites for hydroxylation is 2. The van der Waals surface area contributed by atoms with Crippen LogP contribution >= 0.6 is 0 Å². The second kappa shape index (κ2) is 5.64. The molecule has 0 radical (unpaired) electrons. The fourth-order valence-corrected chi connectivity index (χ4v) is 2.26. The number of nitrogens with one attached hydrogen (secondary N) is 1. The molecule has 8 nitrogen and oxygen atoms in total. The Hall–Kier alpha value is -3.03. The maximum Gasteiger partial charge on any atom is 0.295 e. The summed E-state index contributed by atoms with van der Waals surface area (Å²) >= 11 is 0. The Balaban J connectivity index is 1.94. The Morgan fingerprint density at radius 1 is 1.22 bits per heavy atom. The molecule has 2 heterocycles. The highest BCUT2D eigenvalue weighted by molar-refractivity contribution is 6.02. The zero-order chi connectivity index (χ0) is 16.6. The highest BCUT2D eigenvalue weighted by atomic mass is 16.5. The minimum absolute atomic E-state index is 0.00611. The van der Waals surface area contributed by atoms with Gasteiger partial charge in [-0.2, -0.15) is 5.10 Å². The summed E-state index contributed by atoms with van der Waals surface area (Å²) in [6.45, 7) is 3.70. The molecule has 1 aromatic carbocycles. The number of carbonyl (C=O) groups excluding carboxylic acids is 1. The van der Waals surface area contributed by atoms with Crippen LogP contribution in [0.3, 0.4) is 0 Å². The van der Waals surface area contributed by atoms with Crippen molar-refractivity contribution in [3.05, 3.63) is 35.4 Å². The van der Waals surface area contributed by atoms with Crippen LogP contribution in [-0.4, -0.2) is 38.0 Å². The molecule has 1 N–H and O–H groups in total. The molecule has 0 bridgehead atoms. The average molecular weight is 312 g/mol. The van der Waals surface area contributed by atoms with E-state index in [0.717, 1.165) is 11.4 Å². The van der Waals surface area contributed by atoms with E-state index in [1.165, 1.54) is 0 Å². The zero-order valence-corrected chi connectivity index (χ0v) is 13.3. The van der Waals surface area contributed by atoms with Crippen LogP contribution in [0.2, 0.25) is 0 Å². The van der Waals surface area contributed by atoms with E-state index in [1.807, 2.05) is 20.9 Å². The van der Waals surface area contributed by atoms with Crippen LogP contribution in [-0.2, 0) is 7.05 Å². The topological polar surface area (TPSA) is 94.8 Å². The highest BCUT2D eigenvalue weighted by Crippen LogP contribution is 2.20. The first kappa shape index (κ1) is 14.9. The van der Waals surface area contributed by atoms with Gasteiger partial charge in [-0.1, -0.05) is 0 Å². The molecule has 1 amide bonds. The summed E-state index contributed by atoms with van der Waals surface area (Å²) in [4.78, 5) is 16.6. The second-order valence-corrected chi connectivity index (χ2v) is 5.11. The van der Waals surface area contributed by atoms with Crippen LogP contribution < -0.4 is 10.1 Å². The molecule has 0 aliphatic carbocycles. The van der Waals surface area contributed by atoms with Gasteiger partial charge >= 0.3 is 0 Å². The SMILES string of the molecule is COc1ccc2nnc(C(=O)Nc3c(C)nn(C)c3C)nc2c1. The van der Waals surface area contributed by atoms with Gasteiger partial charge in [0.2, 0.25) is 5.82 Å². The van der Waals surface area contributed by atoms with E-state index in [9.17, 15) is 4.79 Å². The first-order valence-electron chi connectivity index (χ1n) is 6.99. The maximum absolute atomic E-state index is 12.4. The van der Waals surface area contributed by atoms with Crippen LogP contribution in [0.15, 0.2) is 18.2 Å². The molecule has 3 aromatic rings. The normalized spacial score (nSPS) is 10.8. The molecule has 0 aliphatic rings. The minimum atomic E-state index is -0.429. The largest absolute Gasteiger partial charge is 0.497 e. The number of carbonyl (C=O) groups is 1. The number of methoxy groups -OCH3 is 1. The minimum Gasteiger partial charge on any atom is -0.497 e. The van der Waals surface area contributed by atoms with Gasteiger partial charge in [-0.05, 0) is 26.0 Å². The van der Waals surface area contributed by atoms with Gasteiger partial charge < -0.3 is 10.1 Å². The molecule has 2 aromatic heterocycles. The highest BCUT2D eigenvalue weighted by Gasteiger charge is 2.17. The third kappa shape index (κ3) is 2.70. The van der Waals surface area contributed by atoms with Crippen molar-refractivity contribution in [1.29, 1.82) is 0 Å². The number of aromatic nitrogens is 5. The van der Waals surface area contributed by atoms with Crippen molar-refractivity contribution in [3.63, 3.8) is 0 Å². The van der Waals surface area contributed by atoms with Crippen LogP contribution in [0.5, 0.6) is 5.75 Å². The Labute approximate surface area is 132 Å². The van der Waals surface area contributed by atoms with Gasteiger partial charge in [0.15, 0.2) is 0 Å². The molecular formula is C15H16N6O2. The van der Waals surface area contributed by atoms with Crippen molar-refractivity contribution < 1.29 is 9.53 Å². The number of nitrogens with zero attached hydrogens (tertiary/aromatic N) is 5. The number of fused-ring (bicyclic) bond motifs is 1. The van der Waals surface area contributed by atoms with Gasteiger partial charge in [-0.15, -0.1) is 10.2 Å². The van der Waals surface area contributed by atoms with E-state index in [2.05, 4.69) is 25.6 Å². The van der Waals surface area contributed by atoms with E-state index in [4.69, 9.17) is 4.74 Å². The standard InChI is InChI=1S/C15H16N6O2/c1-8-13(9(2)21(3)20-8)17-15(22)14-16-12-7-10(23-4)5-6-11(12)18-19-14/h5-7H,1-4H3,(H,17,22). The van der Waals surface area contributed by atoms with E-state index < -0.39 is 5.91 Å². The number of rotatable bonds is 3. The molecule has 8 heteroatoms. The van der Waals surface area contributed by atoms with Gasteiger partial charge in [0.1, 0.15) is 11.3 Å². The third-order valence-corrected chi connectivity index (χ3v) is 3.61. The summed E-state index contributed by atoms with van der Waals surface area (Å²) in [5.74, 6) is 0.207. The van der Waals surface area contributed by atoms with Crippen LogP contribution in [0.25, 0.3) is 11.0 Å². The molecule has 0 unspecified atom stereocenters. The zero-order valence-electron chi connectivity index (χ0n) is 13.3. The molecule has 0 atom stereocenters. The molecule has 0 saturated carbocycles. The second-order valence-electron chi connectivity index (χ2n) is 5.11. The first-order chi connectivity index (χ1) is 11.0. The lowest BCUT2D eigenvalue weighted by atomic mass is 10.3. The smallest absolute Gasteiger partial charge is 0.295 e. The molecule has 23 heavy (non-hydrogen) atoms. The predicted molar refractivity (Wildman–Crippen MR) is 84.5 cm³/mol. The van der Waals surface area contributed by atoms with Crippen LogP contribution in [0.1, 0.15) is 22.0 Å². The van der Waals surface area contributed by atoms with Gasteiger partial charge in [0.25, 0.3) is 5.91 Å². The van der Waals surface area contributed by atoms with Crippen molar-refractivity contribution in [2.45, 2.75) is 13.8 Å². The summed E-state index contributed by atoms with van der Waals surface area (Å²) in [7, 11) is 3.38. The summed E-state index contributed by atoms with van der Waals surface area (Å²) in [5, 5.41) is 15.0. The van der Waals surface area contributed by atoms with Crippen LogP contribution in [0.4, 0.5) is 5.69 Å². The molecule has 0 saturated heterocycles. The maximum atomic E-state index is 12.4. The quantitative estimate of drug-likeness (QED) is 0.790. The number of hydrogen-bond donors (Lipinski definition) is 1. The fraction of sp³-hybridized carbons (Fsp3) is 0.267. The summed E-state index contributed by atoms with van der Waals surface area (Å²) in [6, 6.07) is 5.22. The lowest BCUT2D eigenvalue weighted by Crippen LogP contribution is -2.17. The monoisotopic (exact) mass is 312 g/mol. The number of ether oxygens (including phenoxy) is 1. The lowest BCUT2D eigenvalue weighted by molar-refractivity contribution is 0.101. The Kier molecular flexibility index (Phi) is 3.65. The summed E-state index contributed by atoms with van der Waals surface area (Å²) < 4.78 is 6.86. The van der Waals surface area contributed by atoms with Gasteiger partial charge in [0, 0.05) is 13.1 Å². The summed E-state index contributed by atoms with van der Waals surface area (Å²) in [5.41, 5.74) is 3.38. The molecule has 118 valence electrons. The number of anilines is 1. The number of hydrogen-bond acceptors (Lipinski definition) is 6. The average Bonchev–Trinajstić information content (AvgIpc) is 2.80. The van der Waals surface area contributed by atoms with Gasteiger partial charge in [-0.3, -0.25) is 9.48 Å². The van der Waals surface area contributed by atoms with Gasteiger partial charge in [-0.25, -0.2) is 4.98 Å². The summed E-state index contributed by atoms with van der Waals surface area (Å²) in [6.07, 6.45) is 0. The Morgan fingerprint density at radius 3 is 2.65 bits per heavy atom.